The lowest BCUT2D eigenvalue weighted by atomic mass is 9.84. The van der Waals surface area contributed by atoms with Crippen LogP contribution >= 0.6 is 23.2 Å². The van der Waals surface area contributed by atoms with E-state index in [2.05, 4.69) is 5.32 Å². The van der Waals surface area contributed by atoms with Gasteiger partial charge in [-0.2, -0.15) is 0 Å². The van der Waals surface area contributed by atoms with Crippen LogP contribution in [-0.4, -0.2) is 18.0 Å². The van der Waals surface area contributed by atoms with Gasteiger partial charge in [-0.3, -0.25) is 4.79 Å². The molecule has 0 aromatic heterocycles. The Hall–Kier alpha value is -1.52. The molecule has 1 heterocycles. The third kappa shape index (κ3) is 3.88. The van der Waals surface area contributed by atoms with Gasteiger partial charge in [0.05, 0.1) is 11.7 Å². The molecule has 6 heteroatoms. The predicted octanol–water partition coefficient (Wildman–Crippen LogP) is 4.21. The van der Waals surface area contributed by atoms with Gasteiger partial charge in [0.1, 0.15) is 0 Å². The third-order valence-electron chi connectivity index (χ3n) is 3.92. The molecule has 0 saturated carbocycles. The second kappa shape index (κ2) is 7.37. The van der Waals surface area contributed by atoms with Crippen LogP contribution in [0.5, 0.6) is 0 Å². The van der Waals surface area contributed by atoms with E-state index in [0.29, 0.717) is 33.3 Å². The number of allylic oxidation sites excluding steroid dienone is 1. The quantitative estimate of drug-likeness (QED) is 0.822. The second-order valence-corrected chi connectivity index (χ2v) is 6.42. The van der Waals surface area contributed by atoms with Gasteiger partial charge in [-0.25, -0.2) is 4.79 Å². The lowest BCUT2D eigenvalue weighted by molar-refractivity contribution is -0.144. The first-order chi connectivity index (χ1) is 10.8. The largest absolute Gasteiger partial charge is 0.459 e. The summed E-state index contributed by atoms with van der Waals surface area (Å²) in [5, 5.41) is 3.55. The van der Waals surface area contributed by atoms with Gasteiger partial charge in [0.2, 0.25) is 5.91 Å². The predicted molar refractivity (Wildman–Crippen MR) is 90.5 cm³/mol. The molecule has 1 amide bonds. The van der Waals surface area contributed by atoms with Gasteiger partial charge in [-0.1, -0.05) is 36.2 Å². The fourth-order valence-electron chi connectivity index (χ4n) is 2.59. The number of halogens is 2. The van der Waals surface area contributed by atoms with Crippen LogP contribution in [0.4, 0.5) is 0 Å². The minimum Gasteiger partial charge on any atom is -0.459 e. The van der Waals surface area contributed by atoms with E-state index in [1.807, 2.05) is 13.8 Å². The van der Waals surface area contributed by atoms with Gasteiger partial charge >= 0.3 is 5.97 Å². The first kappa shape index (κ1) is 17.8. The van der Waals surface area contributed by atoms with Crippen molar-refractivity contribution in [1.82, 2.24) is 5.32 Å². The number of hydrogen-bond acceptors (Lipinski definition) is 3. The highest BCUT2D eigenvalue weighted by atomic mass is 35.5. The Kier molecular flexibility index (Phi) is 5.71. The summed E-state index contributed by atoms with van der Waals surface area (Å²) in [4.78, 5) is 24.5. The zero-order chi connectivity index (χ0) is 17.1. The normalized spacial score (nSPS) is 19.3. The number of benzene rings is 1. The van der Waals surface area contributed by atoms with Gasteiger partial charge in [0.25, 0.3) is 0 Å². The van der Waals surface area contributed by atoms with Crippen molar-refractivity contribution >= 4 is 35.1 Å². The number of hydrogen-bond donors (Lipinski definition) is 1. The standard InChI is InChI=1S/C17H19Cl2NO3/c1-4-9(2)23-17(22)15-10(3)20-14(21)8-11(15)16-12(18)6-5-7-13(16)19/h5-7,9,11H,4,8H2,1-3H3,(H,20,21)/t9-,11-/m1/s1. The van der Waals surface area contributed by atoms with Gasteiger partial charge in [-0.15, -0.1) is 0 Å². The number of carbonyl (C=O) groups excluding carboxylic acids is 2. The molecule has 0 aliphatic carbocycles. The van der Waals surface area contributed by atoms with Crippen LogP contribution in [0.1, 0.15) is 45.1 Å². The molecule has 1 aromatic carbocycles. The summed E-state index contributed by atoms with van der Waals surface area (Å²) < 4.78 is 5.44. The topological polar surface area (TPSA) is 55.4 Å². The van der Waals surface area contributed by atoms with Gasteiger partial charge in [-0.05, 0) is 38.0 Å². The van der Waals surface area contributed by atoms with E-state index in [4.69, 9.17) is 27.9 Å². The smallest absolute Gasteiger partial charge is 0.336 e. The summed E-state index contributed by atoms with van der Waals surface area (Å²) >= 11 is 12.5. The number of ether oxygens (including phenoxy) is 1. The number of esters is 1. The fraction of sp³-hybridized carbons (Fsp3) is 0.412. The molecule has 0 spiro atoms. The van der Waals surface area contributed by atoms with Crippen LogP contribution < -0.4 is 5.32 Å². The van der Waals surface area contributed by atoms with Crippen molar-refractivity contribution in [2.75, 3.05) is 0 Å². The van der Waals surface area contributed by atoms with Gasteiger partial charge in [0.15, 0.2) is 0 Å². The minimum atomic E-state index is -0.512. The number of amides is 1. The van der Waals surface area contributed by atoms with E-state index in [1.54, 1.807) is 25.1 Å². The minimum absolute atomic E-state index is 0.103. The van der Waals surface area contributed by atoms with Crippen LogP contribution in [0.3, 0.4) is 0 Å². The van der Waals surface area contributed by atoms with Crippen molar-refractivity contribution in [2.24, 2.45) is 0 Å². The maximum atomic E-state index is 12.6. The summed E-state index contributed by atoms with van der Waals surface area (Å²) in [5.74, 6) is -1.14. The second-order valence-electron chi connectivity index (χ2n) is 5.60. The van der Waals surface area contributed by atoms with Crippen LogP contribution in [-0.2, 0) is 14.3 Å². The Morgan fingerprint density at radius 1 is 1.39 bits per heavy atom. The summed E-state index contributed by atoms with van der Waals surface area (Å²) in [5.41, 5.74) is 1.47. The summed E-state index contributed by atoms with van der Waals surface area (Å²) in [6.07, 6.45) is 0.607. The lowest BCUT2D eigenvalue weighted by Crippen LogP contribution is -2.35. The van der Waals surface area contributed by atoms with E-state index < -0.39 is 11.9 Å². The first-order valence-electron chi connectivity index (χ1n) is 7.50. The highest BCUT2D eigenvalue weighted by Gasteiger charge is 2.35. The Morgan fingerprint density at radius 2 is 2.00 bits per heavy atom. The van der Waals surface area contributed by atoms with E-state index in [-0.39, 0.29) is 18.4 Å². The molecule has 0 radical (unpaired) electrons. The maximum Gasteiger partial charge on any atom is 0.336 e. The van der Waals surface area contributed by atoms with E-state index in [9.17, 15) is 9.59 Å². The number of rotatable bonds is 4. The van der Waals surface area contributed by atoms with Crippen LogP contribution in [0.2, 0.25) is 10.0 Å². The molecule has 0 bridgehead atoms. The zero-order valence-corrected chi connectivity index (χ0v) is 14.8. The van der Waals surface area contributed by atoms with Crippen molar-refractivity contribution in [1.29, 1.82) is 0 Å². The summed E-state index contributed by atoms with van der Waals surface area (Å²) in [6, 6.07) is 5.12. The summed E-state index contributed by atoms with van der Waals surface area (Å²) in [6.45, 7) is 5.44. The molecular weight excluding hydrogens is 337 g/mol. The molecule has 1 aromatic rings. The Labute approximate surface area is 145 Å². The van der Waals surface area contributed by atoms with Crippen molar-refractivity contribution < 1.29 is 14.3 Å². The monoisotopic (exact) mass is 355 g/mol. The molecule has 1 N–H and O–H groups in total. The van der Waals surface area contributed by atoms with Crippen molar-refractivity contribution in [3.63, 3.8) is 0 Å². The summed E-state index contributed by atoms with van der Waals surface area (Å²) in [7, 11) is 0. The van der Waals surface area contributed by atoms with Crippen molar-refractivity contribution in [3.05, 3.63) is 45.1 Å². The number of carbonyl (C=O) groups is 2. The molecule has 4 nitrogen and oxygen atoms in total. The van der Waals surface area contributed by atoms with Crippen LogP contribution in [0.25, 0.3) is 0 Å². The molecule has 23 heavy (non-hydrogen) atoms. The first-order valence-corrected chi connectivity index (χ1v) is 8.26. The number of nitrogens with one attached hydrogen (secondary N) is 1. The third-order valence-corrected chi connectivity index (χ3v) is 4.58. The molecule has 0 unspecified atom stereocenters. The van der Waals surface area contributed by atoms with Crippen molar-refractivity contribution in [3.8, 4) is 0 Å². The fourth-order valence-corrected chi connectivity index (χ4v) is 3.25. The average Bonchev–Trinajstić information content (AvgIpc) is 2.46. The average molecular weight is 356 g/mol. The van der Waals surface area contributed by atoms with Gasteiger partial charge < -0.3 is 10.1 Å². The molecule has 124 valence electrons. The Morgan fingerprint density at radius 3 is 2.57 bits per heavy atom. The molecule has 0 saturated heterocycles. The molecular formula is C17H19Cl2NO3. The van der Waals surface area contributed by atoms with E-state index >= 15 is 0 Å². The highest BCUT2D eigenvalue weighted by molar-refractivity contribution is 6.36. The van der Waals surface area contributed by atoms with Gasteiger partial charge in [0, 0.05) is 28.1 Å². The maximum absolute atomic E-state index is 12.6. The molecule has 0 fully saturated rings. The highest BCUT2D eigenvalue weighted by Crippen LogP contribution is 2.40. The SMILES string of the molecule is CC[C@@H](C)OC(=O)C1=C(C)NC(=O)C[C@H]1c1c(Cl)cccc1Cl. The van der Waals surface area contributed by atoms with Crippen molar-refractivity contribution in [2.45, 2.75) is 45.6 Å². The Bertz CT molecular complexity index is 650. The van der Waals surface area contributed by atoms with Crippen LogP contribution in [0, 0.1) is 0 Å². The molecule has 2 atom stereocenters. The molecule has 1 aliphatic rings. The Balaban J connectivity index is 2.49. The molecule has 1 aliphatic heterocycles. The van der Waals surface area contributed by atoms with E-state index in [1.165, 1.54) is 0 Å². The molecule has 2 rings (SSSR count). The lowest BCUT2D eigenvalue weighted by Gasteiger charge is -2.28. The van der Waals surface area contributed by atoms with E-state index in [0.717, 1.165) is 0 Å². The zero-order valence-electron chi connectivity index (χ0n) is 13.3. The van der Waals surface area contributed by atoms with Crippen LogP contribution in [0.15, 0.2) is 29.5 Å².